The van der Waals surface area contributed by atoms with Gasteiger partial charge in [0, 0.05) is 6.42 Å². The predicted molar refractivity (Wildman–Crippen MR) is 114 cm³/mol. The third kappa shape index (κ3) is 4.11. The van der Waals surface area contributed by atoms with Crippen LogP contribution in [0.5, 0.6) is 0 Å². The molecule has 1 aromatic heterocycles. The number of carbonyl (C=O) groups excluding carboxylic acids is 1. The van der Waals surface area contributed by atoms with Crippen molar-refractivity contribution in [2.24, 2.45) is 23.7 Å². The van der Waals surface area contributed by atoms with Gasteiger partial charge in [-0.25, -0.2) is 9.78 Å². The summed E-state index contributed by atoms with van der Waals surface area (Å²) in [6, 6.07) is 7.75. The molecule has 0 N–H and O–H groups in total. The molecule has 0 bridgehead atoms. The fourth-order valence-electron chi connectivity index (χ4n) is 4.80. The number of aromatic nitrogens is 2. The van der Waals surface area contributed by atoms with E-state index >= 15 is 0 Å². The molecule has 4 atom stereocenters. The fourth-order valence-corrected chi connectivity index (χ4v) is 4.80. The molecular weight excluding hydrogens is 348 g/mol. The molecule has 4 heteroatoms. The van der Waals surface area contributed by atoms with Crippen molar-refractivity contribution in [3.8, 4) is 0 Å². The Bertz CT molecular complexity index is 808. The number of carbonyl (C=O) groups is 1. The molecule has 3 rings (SSSR count). The summed E-state index contributed by atoms with van der Waals surface area (Å²) in [5, 5.41) is 0. The minimum Gasteiger partial charge on any atom is -0.461 e. The van der Waals surface area contributed by atoms with E-state index in [0.717, 1.165) is 36.1 Å². The Balaban J connectivity index is 1.93. The summed E-state index contributed by atoms with van der Waals surface area (Å²) >= 11 is 0. The van der Waals surface area contributed by atoms with Gasteiger partial charge in [0.25, 0.3) is 0 Å². The molecule has 28 heavy (non-hydrogen) atoms. The molecule has 1 saturated carbocycles. The Kier molecular flexibility index (Phi) is 6.47. The highest BCUT2D eigenvalue weighted by Gasteiger charge is 2.37. The topological polar surface area (TPSA) is 44.1 Å². The highest BCUT2D eigenvalue weighted by atomic mass is 16.5. The van der Waals surface area contributed by atoms with Crippen LogP contribution in [0, 0.1) is 23.7 Å². The maximum Gasteiger partial charge on any atom is 0.329 e. The lowest BCUT2D eigenvalue weighted by Gasteiger charge is -2.38. The number of para-hydroxylation sites is 2. The molecule has 2 aromatic rings. The second kappa shape index (κ2) is 8.67. The number of benzene rings is 1. The molecule has 0 aliphatic heterocycles. The zero-order valence-corrected chi connectivity index (χ0v) is 18.3. The fraction of sp³-hybridized carbons (Fsp3) is 0.667. The van der Waals surface area contributed by atoms with Gasteiger partial charge in [0.1, 0.15) is 18.0 Å². The quantitative estimate of drug-likeness (QED) is 0.591. The van der Waals surface area contributed by atoms with E-state index in [-0.39, 0.29) is 24.0 Å². The number of ether oxygens (including phenoxy) is 1. The first-order valence-electron chi connectivity index (χ1n) is 11.0. The number of esters is 1. The summed E-state index contributed by atoms with van der Waals surface area (Å²) in [6.45, 7) is 13.1. The van der Waals surface area contributed by atoms with E-state index in [1.165, 1.54) is 6.42 Å². The first-order chi connectivity index (χ1) is 13.3. The van der Waals surface area contributed by atoms with Crippen molar-refractivity contribution in [2.45, 2.75) is 79.4 Å². The first kappa shape index (κ1) is 20.9. The summed E-state index contributed by atoms with van der Waals surface area (Å²) in [7, 11) is 0. The SMILES string of the molecule is CCc1nc2ccccc2n1C(C(=O)OC1CC(C)CCC1C(C)C)C(C)C. The van der Waals surface area contributed by atoms with Gasteiger partial charge >= 0.3 is 5.97 Å². The summed E-state index contributed by atoms with van der Waals surface area (Å²) in [5.74, 6) is 2.59. The monoisotopic (exact) mass is 384 g/mol. The average molecular weight is 385 g/mol. The normalized spacial score (nSPS) is 24.1. The van der Waals surface area contributed by atoms with Crippen LogP contribution in [0.1, 0.15) is 72.7 Å². The summed E-state index contributed by atoms with van der Waals surface area (Å²) in [4.78, 5) is 18.2. The number of nitrogens with zero attached hydrogens (tertiary/aromatic N) is 2. The van der Waals surface area contributed by atoms with Crippen molar-refractivity contribution in [2.75, 3.05) is 0 Å². The van der Waals surface area contributed by atoms with Crippen LogP contribution in [0.4, 0.5) is 0 Å². The number of aryl methyl sites for hydroxylation is 1. The van der Waals surface area contributed by atoms with Crippen LogP contribution in [-0.2, 0) is 16.0 Å². The van der Waals surface area contributed by atoms with E-state index in [1.54, 1.807) is 0 Å². The molecule has 1 aliphatic carbocycles. The summed E-state index contributed by atoms with van der Waals surface area (Å²) < 4.78 is 8.37. The predicted octanol–water partition coefficient (Wildman–Crippen LogP) is 5.80. The molecule has 1 fully saturated rings. The van der Waals surface area contributed by atoms with Crippen molar-refractivity contribution in [1.82, 2.24) is 9.55 Å². The van der Waals surface area contributed by atoms with Crippen molar-refractivity contribution < 1.29 is 9.53 Å². The number of hydrogen-bond acceptors (Lipinski definition) is 3. The van der Waals surface area contributed by atoms with Gasteiger partial charge in [0.05, 0.1) is 11.0 Å². The molecule has 0 radical (unpaired) electrons. The third-order valence-corrected chi connectivity index (χ3v) is 6.37. The zero-order chi connectivity index (χ0) is 20.4. The van der Waals surface area contributed by atoms with E-state index in [2.05, 4.69) is 52.2 Å². The van der Waals surface area contributed by atoms with Crippen LogP contribution in [0.25, 0.3) is 11.0 Å². The highest BCUT2D eigenvalue weighted by Crippen LogP contribution is 2.37. The van der Waals surface area contributed by atoms with Gasteiger partial charge in [-0.1, -0.05) is 60.1 Å². The molecule has 4 unspecified atom stereocenters. The maximum atomic E-state index is 13.5. The van der Waals surface area contributed by atoms with E-state index in [9.17, 15) is 4.79 Å². The number of fused-ring (bicyclic) bond motifs is 1. The standard InChI is InChI=1S/C24H36N2O2/c1-7-22-25-19-10-8-9-11-20(19)26(22)23(16(4)5)24(27)28-21-14-17(6)12-13-18(21)15(2)3/h8-11,15-18,21,23H,7,12-14H2,1-6H3. The van der Waals surface area contributed by atoms with Gasteiger partial charge in [-0.15, -0.1) is 0 Å². The molecule has 1 heterocycles. The number of imidazole rings is 1. The largest absolute Gasteiger partial charge is 0.461 e. The summed E-state index contributed by atoms with van der Waals surface area (Å²) in [6.07, 6.45) is 4.18. The van der Waals surface area contributed by atoms with Crippen molar-refractivity contribution in [3.05, 3.63) is 30.1 Å². The molecule has 1 aliphatic rings. The zero-order valence-electron chi connectivity index (χ0n) is 18.3. The van der Waals surface area contributed by atoms with Gasteiger partial charge in [-0.2, -0.15) is 0 Å². The Morgan fingerprint density at radius 3 is 2.57 bits per heavy atom. The second-order valence-electron chi connectivity index (χ2n) is 9.23. The van der Waals surface area contributed by atoms with Crippen molar-refractivity contribution in [3.63, 3.8) is 0 Å². The van der Waals surface area contributed by atoms with E-state index in [1.807, 2.05) is 18.2 Å². The highest BCUT2D eigenvalue weighted by molar-refractivity contribution is 5.81. The third-order valence-electron chi connectivity index (χ3n) is 6.37. The Labute approximate surface area is 169 Å². The van der Waals surface area contributed by atoms with Crippen LogP contribution in [0.3, 0.4) is 0 Å². The average Bonchev–Trinajstić information content (AvgIpc) is 3.00. The minimum atomic E-state index is -0.340. The lowest BCUT2D eigenvalue weighted by molar-refractivity contribution is -0.161. The van der Waals surface area contributed by atoms with E-state index < -0.39 is 0 Å². The Morgan fingerprint density at radius 1 is 1.21 bits per heavy atom. The molecule has 154 valence electrons. The van der Waals surface area contributed by atoms with Gasteiger partial charge in [0.2, 0.25) is 0 Å². The number of rotatable bonds is 6. The molecule has 4 nitrogen and oxygen atoms in total. The molecule has 0 saturated heterocycles. The van der Waals surface area contributed by atoms with Crippen LogP contribution < -0.4 is 0 Å². The molecule has 0 amide bonds. The molecule has 1 aromatic carbocycles. The van der Waals surface area contributed by atoms with E-state index in [0.29, 0.717) is 17.8 Å². The maximum absolute atomic E-state index is 13.5. The minimum absolute atomic E-state index is 0.0253. The van der Waals surface area contributed by atoms with Crippen LogP contribution in [-0.4, -0.2) is 21.6 Å². The lowest BCUT2D eigenvalue weighted by atomic mass is 9.75. The van der Waals surface area contributed by atoms with E-state index in [4.69, 9.17) is 9.72 Å². The Morgan fingerprint density at radius 2 is 1.93 bits per heavy atom. The smallest absolute Gasteiger partial charge is 0.329 e. The lowest BCUT2D eigenvalue weighted by Crippen LogP contribution is -2.39. The van der Waals surface area contributed by atoms with Crippen LogP contribution in [0.2, 0.25) is 0 Å². The van der Waals surface area contributed by atoms with Gasteiger partial charge in [-0.05, 0) is 48.6 Å². The van der Waals surface area contributed by atoms with Gasteiger partial charge in [0.15, 0.2) is 0 Å². The van der Waals surface area contributed by atoms with Gasteiger partial charge < -0.3 is 9.30 Å². The summed E-state index contributed by atoms with van der Waals surface area (Å²) in [5.41, 5.74) is 1.97. The van der Waals surface area contributed by atoms with Crippen molar-refractivity contribution >= 4 is 17.0 Å². The van der Waals surface area contributed by atoms with Crippen LogP contribution >= 0.6 is 0 Å². The van der Waals surface area contributed by atoms with Crippen LogP contribution in [0.15, 0.2) is 24.3 Å². The van der Waals surface area contributed by atoms with Gasteiger partial charge in [-0.3, -0.25) is 0 Å². The number of hydrogen-bond donors (Lipinski definition) is 0. The second-order valence-corrected chi connectivity index (χ2v) is 9.23. The van der Waals surface area contributed by atoms with Crippen molar-refractivity contribution in [1.29, 1.82) is 0 Å². The first-order valence-corrected chi connectivity index (χ1v) is 11.0. The molecule has 0 spiro atoms. The Hall–Kier alpha value is -1.84. The molecular formula is C24H36N2O2.